The maximum absolute atomic E-state index is 12.0. The molecule has 2 rings (SSSR count). The number of rotatable bonds is 2. The van der Waals surface area contributed by atoms with Crippen LogP contribution in [0.25, 0.3) is 0 Å². The lowest BCUT2D eigenvalue weighted by Crippen LogP contribution is -2.46. The minimum atomic E-state index is -2.07. The number of fused-ring (bicyclic) bond motifs is 1. The molecule has 0 aromatic heterocycles. The molecular weight excluding hydrogens is 300 g/mol. The third kappa shape index (κ3) is 3.65. The fraction of sp³-hybridized carbons (Fsp3) is 0.353. The highest BCUT2D eigenvalue weighted by atomic mass is 16.6. The molecule has 0 amide bonds. The zero-order valence-electron chi connectivity index (χ0n) is 13.4. The molecule has 1 aliphatic heterocycles. The summed E-state index contributed by atoms with van der Waals surface area (Å²) in [5.41, 5.74) is -2.23. The Labute approximate surface area is 133 Å². The van der Waals surface area contributed by atoms with Gasteiger partial charge >= 0.3 is 5.97 Å². The molecule has 0 bridgehead atoms. The average molecular weight is 318 g/mol. The first-order valence-electron chi connectivity index (χ1n) is 7.04. The van der Waals surface area contributed by atoms with E-state index in [1.54, 1.807) is 20.8 Å². The van der Waals surface area contributed by atoms with Gasteiger partial charge in [-0.05, 0) is 51.5 Å². The van der Waals surface area contributed by atoms with Crippen molar-refractivity contribution in [2.45, 2.75) is 38.9 Å². The lowest BCUT2D eigenvalue weighted by molar-refractivity contribution is -0.148. The number of esters is 1. The molecule has 0 spiro atoms. The highest BCUT2D eigenvalue weighted by molar-refractivity contribution is 6.25. The van der Waals surface area contributed by atoms with Crippen LogP contribution in [-0.4, -0.2) is 33.8 Å². The number of allylic oxidation sites excluding steroid dienone is 3. The second kappa shape index (κ2) is 5.62. The van der Waals surface area contributed by atoms with Gasteiger partial charge in [0.05, 0.1) is 5.57 Å². The Bertz CT molecular complexity index is 695. The Morgan fingerprint density at radius 2 is 1.96 bits per heavy atom. The van der Waals surface area contributed by atoms with Gasteiger partial charge < -0.3 is 14.6 Å². The van der Waals surface area contributed by atoms with Crippen molar-refractivity contribution in [3.05, 3.63) is 47.5 Å². The Hall–Kier alpha value is -2.47. The van der Waals surface area contributed by atoms with Gasteiger partial charge in [-0.25, -0.2) is 4.79 Å². The fourth-order valence-electron chi connectivity index (χ4n) is 1.99. The molecule has 0 saturated carbocycles. The zero-order chi connectivity index (χ0) is 17.4. The van der Waals surface area contributed by atoms with Gasteiger partial charge in [-0.2, -0.15) is 0 Å². The summed E-state index contributed by atoms with van der Waals surface area (Å²) in [7, 11) is 0. The van der Waals surface area contributed by atoms with E-state index in [0.29, 0.717) is 5.57 Å². The molecule has 2 aliphatic rings. The molecule has 6 heteroatoms. The highest BCUT2D eigenvalue weighted by Gasteiger charge is 2.44. The standard InChI is InChI=1S/C17H18O6/c1-16(2,3)23-14(19)6-5-11-7-10-8-13(18)17(4,21)15(20)12(10)9-22-11/h5-9,21H,1-4H3/b6-5+. The predicted molar refractivity (Wildman–Crippen MR) is 81.0 cm³/mol. The molecule has 23 heavy (non-hydrogen) atoms. The van der Waals surface area contributed by atoms with Crippen LogP contribution < -0.4 is 0 Å². The van der Waals surface area contributed by atoms with E-state index in [2.05, 4.69) is 0 Å². The summed E-state index contributed by atoms with van der Waals surface area (Å²) >= 11 is 0. The van der Waals surface area contributed by atoms with Gasteiger partial charge in [0, 0.05) is 6.08 Å². The van der Waals surface area contributed by atoms with Crippen molar-refractivity contribution in [3.63, 3.8) is 0 Å². The van der Waals surface area contributed by atoms with Crippen molar-refractivity contribution in [1.29, 1.82) is 0 Å². The van der Waals surface area contributed by atoms with Gasteiger partial charge in [-0.1, -0.05) is 0 Å². The van der Waals surface area contributed by atoms with Crippen LogP contribution in [0.4, 0.5) is 0 Å². The van der Waals surface area contributed by atoms with Gasteiger partial charge in [0.1, 0.15) is 17.6 Å². The molecule has 6 nitrogen and oxygen atoms in total. The maximum Gasteiger partial charge on any atom is 0.331 e. The SMILES string of the molecule is CC(C)(C)OC(=O)/C=C/C1=CC2=CC(=O)C(C)(O)C(=O)C2=CO1. The average Bonchev–Trinajstić information content (AvgIpc) is 2.41. The number of aliphatic hydroxyl groups is 1. The van der Waals surface area contributed by atoms with Crippen LogP contribution in [0.2, 0.25) is 0 Å². The summed E-state index contributed by atoms with van der Waals surface area (Å²) in [5, 5.41) is 9.86. The summed E-state index contributed by atoms with van der Waals surface area (Å²) in [6.07, 6.45) is 6.35. The Morgan fingerprint density at radius 1 is 1.30 bits per heavy atom. The van der Waals surface area contributed by atoms with E-state index < -0.39 is 28.7 Å². The molecule has 0 fully saturated rings. The van der Waals surface area contributed by atoms with Crippen molar-refractivity contribution >= 4 is 17.5 Å². The highest BCUT2D eigenvalue weighted by Crippen LogP contribution is 2.31. The monoisotopic (exact) mass is 318 g/mol. The number of hydrogen-bond donors (Lipinski definition) is 1. The first-order valence-corrected chi connectivity index (χ1v) is 7.04. The number of ether oxygens (including phenoxy) is 2. The number of hydrogen-bond acceptors (Lipinski definition) is 6. The van der Waals surface area contributed by atoms with E-state index in [-0.39, 0.29) is 11.3 Å². The molecule has 1 heterocycles. The van der Waals surface area contributed by atoms with Crippen LogP contribution in [0.1, 0.15) is 27.7 Å². The molecule has 0 radical (unpaired) electrons. The Morgan fingerprint density at radius 3 is 2.57 bits per heavy atom. The van der Waals surface area contributed by atoms with E-state index in [1.807, 2.05) is 0 Å². The summed E-state index contributed by atoms with van der Waals surface area (Å²) in [6, 6.07) is 0. The third-order valence-electron chi connectivity index (χ3n) is 3.17. The van der Waals surface area contributed by atoms with E-state index in [9.17, 15) is 19.5 Å². The minimum absolute atomic E-state index is 0.115. The van der Waals surface area contributed by atoms with Crippen molar-refractivity contribution in [2.24, 2.45) is 0 Å². The molecule has 122 valence electrons. The fourth-order valence-corrected chi connectivity index (χ4v) is 1.99. The lowest BCUT2D eigenvalue weighted by atomic mass is 9.81. The summed E-state index contributed by atoms with van der Waals surface area (Å²) in [6.45, 7) is 6.40. The van der Waals surface area contributed by atoms with Crippen molar-refractivity contribution < 1.29 is 29.0 Å². The van der Waals surface area contributed by atoms with Crippen molar-refractivity contribution in [1.82, 2.24) is 0 Å². The van der Waals surface area contributed by atoms with Gasteiger partial charge in [0.25, 0.3) is 0 Å². The minimum Gasteiger partial charge on any atom is -0.464 e. The van der Waals surface area contributed by atoms with Crippen LogP contribution in [0, 0.1) is 0 Å². The number of ketones is 2. The molecule has 1 unspecified atom stereocenters. The van der Waals surface area contributed by atoms with E-state index in [1.165, 1.54) is 24.3 Å². The van der Waals surface area contributed by atoms with E-state index in [0.717, 1.165) is 13.2 Å². The predicted octanol–water partition coefficient (Wildman–Crippen LogP) is 1.51. The van der Waals surface area contributed by atoms with E-state index >= 15 is 0 Å². The van der Waals surface area contributed by atoms with Crippen LogP contribution in [0.5, 0.6) is 0 Å². The molecule has 0 aromatic carbocycles. The Kier molecular flexibility index (Phi) is 4.13. The molecule has 1 aliphatic carbocycles. The first-order chi connectivity index (χ1) is 10.5. The molecule has 1 atom stereocenters. The third-order valence-corrected chi connectivity index (χ3v) is 3.17. The van der Waals surface area contributed by atoms with Crippen LogP contribution in [0.3, 0.4) is 0 Å². The number of Topliss-reactive ketones (excluding diaryl/α,β-unsaturated/α-hetero) is 1. The zero-order valence-corrected chi connectivity index (χ0v) is 13.4. The normalized spacial score (nSPS) is 24.5. The van der Waals surface area contributed by atoms with Crippen LogP contribution in [0.15, 0.2) is 47.5 Å². The maximum atomic E-state index is 12.0. The lowest BCUT2D eigenvalue weighted by Gasteiger charge is -2.27. The smallest absolute Gasteiger partial charge is 0.331 e. The van der Waals surface area contributed by atoms with E-state index in [4.69, 9.17) is 9.47 Å². The Balaban J connectivity index is 2.19. The van der Waals surface area contributed by atoms with Crippen molar-refractivity contribution in [2.75, 3.05) is 0 Å². The van der Waals surface area contributed by atoms with Gasteiger partial charge in [-0.3, -0.25) is 9.59 Å². The van der Waals surface area contributed by atoms with Gasteiger partial charge in [-0.15, -0.1) is 0 Å². The molecule has 0 aromatic rings. The topological polar surface area (TPSA) is 89.9 Å². The van der Waals surface area contributed by atoms with Gasteiger partial charge in [0.2, 0.25) is 5.78 Å². The molecular formula is C17H18O6. The molecule has 1 N–H and O–H groups in total. The van der Waals surface area contributed by atoms with Crippen molar-refractivity contribution in [3.8, 4) is 0 Å². The first kappa shape index (κ1) is 16.9. The summed E-state index contributed by atoms with van der Waals surface area (Å²) < 4.78 is 10.4. The number of carbonyl (C=O) groups excluding carboxylic acids is 3. The second-order valence-corrected chi connectivity index (χ2v) is 6.43. The molecule has 0 saturated heterocycles. The van der Waals surface area contributed by atoms with Crippen LogP contribution >= 0.6 is 0 Å². The number of carbonyl (C=O) groups is 3. The second-order valence-electron chi connectivity index (χ2n) is 6.43. The summed E-state index contributed by atoms with van der Waals surface area (Å²) in [5.74, 6) is -1.67. The van der Waals surface area contributed by atoms with Crippen LogP contribution in [-0.2, 0) is 23.9 Å². The summed E-state index contributed by atoms with van der Waals surface area (Å²) in [4.78, 5) is 35.4. The van der Waals surface area contributed by atoms with Gasteiger partial charge in [0.15, 0.2) is 11.4 Å². The quantitative estimate of drug-likeness (QED) is 0.471. The largest absolute Gasteiger partial charge is 0.464 e.